The molecule has 0 unspecified atom stereocenters. The Hall–Kier alpha value is -2.16. The summed E-state index contributed by atoms with van der Waals surface area (Å²) in [6, 6.07) is 1.67. The van der Waals surface area contributed by atoms with Gasteiger partial charge in [-0.15, -0.1) is 0 Å². The molecule has 2 N–H and O–H groups in total. The third kappa shape index (κ3) is 4.92. The number of carbonyl (C=O) groups excluding carboxylic acids is 2. The van der Waals surface area contributed by atoms with Crippen molar-refractivity contribution in [3.05, 3.63) is 34.1 Å². The summed E-state index contributed by atoms with van der Waals surface area (Å²) >= 11 is 3.29. The summed E-state index contributed by atoms with van der Waals surface area (Å²) in [6.07, 6.45) is 3.81. The first-order chi connectivity index (χ1) is 11.0. The van der Waals surface area contributed by atoms with Gasteiger partial charge in [0.2, 0.25) is 11.8 Å². The minimum absolute atomic E-state index is 0.251. The molecule has 0 saturated heterocycles. The van der Waals surface area contributed by atoms with E-state index in [1.54, 1.807) is 23.9 Å². The summed E-state index contributed by atoms with van der Waals surface area (Å²) in [5.74, 6) is 0.524. The number of rotatable bonds is 6. The van der Waals surface area contributed by atoms with Gasteiger partial charge in [0.25, 0.3) is 5.91 Å². The maximum Gasteiger partial charge on any atom is 0.286 e. The Kier molecular flexibility index (Phi) is 5.91. The number of hydrogen-bond acceptors (Lipinski definition) is 5. The summed E-state index contributed by atoms with van der Waals surface area (Å²) in [5, 5.41) is 3.79. The second-order valence-corrected chi connectivity index (χ2v) is 5.88. The molecule has 23 heavy (non-hydrogen) atoms. The first-order valence-electron chi connectivity index (χ1n) is 7.22. The van der Waals surface area contributed by atoms with Crippen LogP contribution in [0.15, 0.2) is 21.3 Å². The zero-order chi connectivity index (χ0) is 16.8. The van der Waals surface area contributed by atoms with Crippen LogP contribution in [0.25, 0.3) is 0 Å². The van der Waals surface area contributed by atoms with Crippen LogP contribution in [-0.4, -0.2) is 26.5 Å². The Labute approximate surface area is 141 Å². The maximum absolute atomic E-state index is 11.9. The Bertz CT molecular complexity index is 694. The van der Waals surface area contributed by atoms with Gasteiger partial charge in [-0.1, -0.05) is 12.1 Å². The van der Waals surface area contributed by atoms with Crippen molar-refractivity contribution >= 4 is 27.7 Å². The van der Waals surface area contributed by atoms with Crippen LogP contribution >= 0.6 is 15.9 Å². The number of aromatic nitrogens is 3. The van der Waals surface area contributed by atoms with Gasteiger partial charge in [-0.2, -0.15) is 4.98 Å². The lowest BCUT2D eigenvalue weighted by molar-refractivity contribution is -0.121. The van der Waals surface area contributed by atoms with Crippen molar-refractivity contribution in [3.8, 4) is 0 Å². The normalized spacial score (nSPS) is 10.6. The Morgan fingerprint density at radius 1 is 1.39 bits per heavy atom. The zero-order valence-electron chi connectivity index (χ0n) is 12.9. The quantitative estimate of drug-likeness (QED) is 0.736. The van der Waals surface area contributed by atoms with E-state index in [-0.39, 0.29) is 18.2 Å². The molecule has 0 fully saturated rings. The average Bonchev–Trinajstić information content (AvgIpc) is 3.11. The smallest absolute Gasteiger partial charge is 0.286 e. The molecule has 0 aliphatic carbocycles. The Morgan fingerprint density at radius 3 is 2.78 bits per heavy atom. The van der Waals surface area contributed by atoms with Crippen LogP contribution in [0.5, 0.6) is 0 Å². The van der Waals surface area contributed by atoms with E-state index in [1.165, 1.54) is 0 Å². The summed E-state index contributed by atoms with van der Waals surface area (Å²) in [6.45, 7) is 1.94. The summed E-state index contributed by atoms with van der Waals surface area (Å²) in [7, 11) is 1.75. The number of hydrogen-bond donors (Lipinski definition) is 2. The van der Waals surface area contributed by atoms with Crippen LogP contribution in [0.2, 0.25) is 0 Å². The third-order valence-electron chi connectivity index (χ3n) is 3.14. The second-order valence-electron chi connectivity index (χ2n) is 4.97. The van der Waals surface area contributed by atoms with Crippen LogP contribution in [0, 0.1) is 0 Å². The first-order valence-corrected chi connectivity index (χ1v) is 8.01. The molecule has 8 nitrogen and oxygen atoms in total. The Balaban J connectivity index is 1.70. The molecule has 2 heterocycles. The molecular weight excluding hydrogens is 366 g/mol. The number of hydrazine groups is 1. The van der Waals surface area contributed by atoms with E-state index in [4.69, 9.17) is 4.52 Å². The molecular formula is C14H18BrN5O3. The fraction of sp³-hybridized carbons (Fsp3) is 0.429. The molecule has 2 aromatic heterocycles. The van der Waals surface area contributed by atoms with E-state index in [0.29, 0.717) is 36.7 Å². The summed E-state index contributed by atoms with van der Waals surface area (Å²) < 4.78 is 7.49. The van der Waals surface area contributed by atoms with Gasteiger partial charge in [0.15, 0.2) is 5.82 Å². The minimum Gasteiger partial charge on any atom is -0.345 e. The number of nitrogens with zero attached hydrogens (tertiary/aromatic N) is 3. The van der Waals surface area contributed by atoms with Crippen molar-refractivity contribution in [2.45, 2.75) is 32.6 Å². The van der Waals surface area contributed by atoms with Crippen LogP contribution < -0.4 is 10.9 Å². The average molecular weight is 384 g/mol. The Morgan fingerprint density at radius 2 is 2.17 bits per heavy atom. The van der Waals surface area contributed by atoms with Crippen molar-refractivity contribution in [1.82, 2.24) is 25.6 Å². The van der Waals surface area contributed by atoms with Gasteiger partial charge >= 0.3 is 0 Å². The fourth-order valence-corrected chi connectivity index (χ4v) is 2.46. The molecule has 0 aliphatic heterocycles. The predicted octanol–water partition coefficient (Wildman–Crippen LogP) is 1.52. The van der Waals surface area contributed by atoms with Crippen LogP contribution in [-0.2, 0) is 24.7 Å². The van der Waals surface area contributed by atoms with E-state index in [0.717, 1.165) is 4.47 Å². The SMILES string of the molecule is CCc1noc(CCCC(=O)NNC(=O)c2cc(Br)cn2C)n1. The van der Waals surface area contributed by atoms with E-state index in [9.17, 15) is 9.59 Å². The number of amides is 2. The second kappa shape index (κ2) is 7.91. The van der Waals surface area contributed by atoms with Gasteiger partial charge < -0.3 is 9.09 Å². The van der Waals surface area contributed by atoms with Crippen molar-refractivity contribution < 1.29 is 14.1 Å². The highest BCUT2D eigenvalue weighted by molar-refractivity contribution is 9.10. The van der Waals surface area contributed by atoms with Gasteiger partial charge in [0.1, 0.15) is 5.69 Å². The lowest BCUT2D eigenvalue weighted by Gasteiger charge is -2.07. The largest absolute Gasteiger partial charge is 0.345 e. The maximum atomic E-state index is 11.9. The number of aryl methyl sites for hydroxylation is 3. The molecule has 0 aliphatic rings. The third-order valence-corrected chi connectivity index (χ3v) is 3.57. The van der Waals surface area contributed by atoms with Gasteiger partial charge in [-0.3, -0.25) is 20.4 Å². The lowest BCUT2D eigenvalue weighted by Crippen LogP contribution is -2.42. The zero-order valence-corrected chi connectivity index (χ0v) is 14.5. The summed E-state index contributed by atoms with van der Waals surface area (Å²) in [4.78, 5) is 27.8. The van der Waals surface area contributed by atoms with E-state index < -0.39 is 0 Å². The van der Waals surface area contributed by atoms with Crippen molar-refractivity contribution in [3.63, 3.8) is 0 Å². The molecule has 0 spiro atoms. The highest BCUT2D eigenvalue weighted by Gasteiger charge is 2.12. The monoisotopic (exact) mass is 383 g/mol. The van der Waals surface area contributed by atoms with Gasteiger partial charge in [-0.05, 0) is 28.4 Å². The van der Waals surface area contributed by atoms with Crippen molar-refractivity contribution in [1.29, 1.82) is 0 Å². The highest BCUT2D eigenvalue weighted by Crippen LogP contribution is 2.13. The number of nitrogens with one attached hydrogen (secondary N) is 2. The molecule has 0 bridgehead atoms. The standard InChI is InChI=1S/C14H18BrN5O3/c1-3-11-16-13(23-19-11)6-4-5-12(21)17-18-14(22)10-7-9(15)8-20(10)2/h7-8H,3-6H2,1-2H3,(H,17,21)(H,18,22). The summed E-state index contributed by atoms with van der Waals surface area (Å²) in [5.41, 5.74) is 5.21. The van der Waals surface area contributed by atoms with Gasteiger partial charge in [-0.25, -0.2) is 0 Å². The van der Waals surface area contributed by atoms with Gasteiger partial charge in [0.05, 0.1) is 0 Å². The number of carbonyl (C=O) groups is 2. The molecule has 0 aromatic carbocycles. The van der Waals surface area contributed by atoms with Crippen LogP contribution in [0.4, 0.5) is 0 Å². The van der Waals surface area contributed by atoms with Crippen LogP contribution in [0.3, 0.4) is 0 Å². The van der Waals surface area contributed by atoms with E-state index in [2.05, 4.69) is 36.9 Å². The molecule has 0 atom stereocenters. The molecule has 2 rings (SSSR count). The first kappa shape index (κ1) is 17.2. The predicted molar refractivity (Wildman–Crippen MR) is 85.3 cm³/mol. The molecule has 9 heteroatoms. The fourth-order valence-electron chi connectivity index (χ4n) is 1.94. The lowest BCUT2D eigenvalue weighted by atomic mass is 10.2. The molecule has 124 valence electrons. The van der Waals surface area contributed by atoms with Crippen LogP contribution in [0.1, 0.15) is 42.0 Å². The van der Waals surface area contributed by atoms with Gasteiger partial charge in [0, 0.05) is 37.0 Å². The topological polar surface area (TPSA) is 102 Å². The van der Waals surface area contributed by atoms with Crippen molar-refractivity contribution in [2.75, 3.05) is 0 Å². The minimum atomic E-state index is -0.379. The van der Waals surface area contributed by atoms with E-state index >= 15 is 0 Å². The van der Waals surface area contributed by atoms with Crippen molar-refractivity contribution in [2.24, 2.45) is 7.05 Å². The number of halogens is 1. The highest BCUT2D eigenvalue weighted by atomic mass is 79.9. The molecule has 0 radical (unpaired) electrons. The molecule has 2 amide bonds. The molecule has 0 saturated carbocycles. The molecule has 2 aromatic rings. The van der Waals surface area contributed by atoms with E-state index in [1.807, 2.05) is 6.92 Å².